The highest BCUT2D eigenvalue weighted by Gasteiger charge is 2.33. The Morgan fingerprint density at radius 3 is 2.73 bits per heavy atom. The van der Waals surface area contributed by atoms with Gasteiger partial charge in [0, 0.05) is 23.4 Å². The maximum absolute atomic E-state index is 12.7. The number of phenols is 1. The van der Waals surface area contributed by atoms with E-state index in [0.717, 1.165) is 19.4 Å². The van der Waals surface area contributed by atoms with Crippen LogP contribution in [-0.4, -0.2) is 22.5 Å². The lowest BCUT2D eigenvalue weighted by atomic mass is 9.81. The predicted molar refractivity (Wildman–Crippen MR) is 85.4 cm³/mol. The molecule has 4 heteroatoms. The average Bonchev–Trinajstić information content (AvgIpc) is 2.54. The van der Waals surface area contributed by atoms with Crippen LogP contribution in [0.4, 0.5) is 5.69 Å². The number of nitrogens with one attached hydrogen (secondary N) is 1. The minimum absolute atomic E-state index is 0.0883. The smallest absolute Gasteiger partial charge is 0.197 e. The number of aliphatic hydroxyl groups excluding tert-OH is 1. The summed E-state index contributed by atoms with van der Waals surface area (Å²) in [6.45, 7) is 2.86. The summed E-state index contributed by atoms with van der Waals surface area (Å²) in [6, 6.07) is 10.2. The largest absolute Gasteiger partial charge is 0.507 e. The van der Waals surface area contributed by atoms with Gasteiger partial charge in [-0.3, -0.25) is 4.79 Å². The summed E-state index contributed by atoms with van der Waals surface area (Å²) in [5.74, 6) is -0.331. The highest BCUT2D eigenvalue weighted by Crippen LogP contribution is 2.42. The molecule has 1 aliphatic rings. The first kappa shape index (κ1) is 14.6. The zero-order valence-corrected chi connectivity index (χ0v) is 12.5. The third-order valence-corrected chi connectivity index (χ3v) is 4.07. The molecule has 0 aliphatic heterocycles. The van der Waals surface area contributed by atoms with Crippen molar-refractivity contribution in [2.75, 3.05) is 11.9 Å². The van der Waals surface area contributed by atoms with Gasteiger partial charge < -0.3 is 15.5 Å². The molecule has 0 amide bonds. The van der Waals surface area contributed by atoms with E-state index in [1.165, 1.54) is 6.07 Å². The van der Waals surface area contributed by atoms with E-state index in [4.69, 9.17) is 0 Å². The van der Waals surface area contributed by atoms with Crippen LogP contribution in [0.25, 0.3) is 0 Å². The van der Waals surface area contributed by atoms with E-state index >= 15 is 0 Å². The molecule has 3 rings (SSSR count). The molecular formula is C18H19NO3. The third kappa shape index (κ3) is 2.25. The number of fused-ring (bicyclic) bond motifs is 2. The number of aliphatic hydroxyl groups is 1. The summed E-state index contributed by atoms with van der Waals surface area (Å²) in [6.07, 6.45) is 1.13. The number of aromatic hydroxyl groups is 1. The van der Waals surface area contributed by atoms with Crippen molar-refractivity contribution in [1.29, 1.82) is 0 Å². The van der Waals surface area contributed by atoms with Crippen molar-refractivity contribution in [1.82, 2.24) is 0 Å². The summed E-state index contributed by atoms with van der Waals surface area (Å²) in [5, 5.41) is 24.1. The summed E-state index contributed by atoms with van der Waals surface area (Å²) in [5.41, 5.74) is 2.41. The summed E-state index contributed by atoms with van der Waals surface area (Å²) in [7, 11) is 0. The summed E-state index contributed by atoms with van der Waals surface area (Å²) >= 11 is 0. The average molecular weight is 297 g/mol. The molecule has 1 aliphatic carbocycles. The van der Waals surface area contributed by atoms with E-state index in [1.54, 1.807) is 30.3 Å². The molecule has 0 heterocycles. The molecular weight excluding hydrogens is 278 g/mol. The fourth-order valence-electron chi connectivity index (χ4n) is 2.92. The molecule has 0 aromatic heterocycles. The SMILES string of the molecule is CCCCNc1ccc(O)c2c1C(O)c1ccccc1C2=O. The van der Waals surface area contributed by atoms with Gasteiger partial charge in [-0.25, -0.2) is 0 Å². The molecule has 0 spiro atoms. The van der Waals surface area contributed by atoms with E-state index < -0.39 is 6.10 Å². The topological polar surface area (TPSA) is 69.6 Å². The van der Waals surface area contributed by atoms with Crippen molar-refractivity contribution in [2.24, 2.45) is 0 Å². The minimum atomic E-state index is -0.917. The van der Waals surface area contributed by atoms with Gasteiger partial charge in [-0.15, -0.1) is 0 Å². The first-order valence-corrected chi connectivity index (χ1v) is 7.56. The number of benzene rings is 2. The van der Waals surface area contributed by atoms with Gasteiger partial charge in [-0.05, 0) is 24.1 Å². The highest BCUT2D eigenvalue weighted by molar-refractivity contribution is 6.15. The zero-order valence-electron chi connectivity index (χ0n) is 12.5. The lowest BCUT2D eigenvalue weighted by Gasteiger charge is -2.27. The van der Waals surface area contributed by atoms with Crippen molar-refractivity contribution in [3.8, 4) is 5.75 Å². The quantitative estimate of drug-likeness (QED) is 0.598. The van der Waals surface area contributed by atoms with E-state index in [1.807, 2.05) is 0 Å². The molecule has 0 radical (unpaired) electrons. The van der Waals surface area contributed by atoms with Crippen molar-refractivity contribution in [3.63, 3.8) is 0 Å². The van der Waals surface area contributed by atoms with Crippen LogP contribution < -0.4 is 5.32 Å². The number of hydrogen-bond donors (Lipinski definition) is 3. The molecule has 4 nitrogen and oxygen atoms in total. The van der Waals surface area contributed by atoms with E-state index in [2.05, 4.69) is 12.2 Å². The molecule has 114 valence electrons. The Labute approximate surface area is 129 Å². The van der Waals surface area contributed by atoms with Crippen molar-refractivity contribution < 1.29 is 15.0 Å². The maximum Gasteiger partial charge on any atom is 0.197 e. The van der Waals surface area contributed by atoms with Crippen LogP contribution in [0.3, 0.4) is 0 Å². The van der Waals surface area contributed by atoms with Gasteiger partial charge in [0.25, 0.3) is 0 Å². The Bertz CT molecular complexity index is 724. The van der Waals surface area contributed by atoms with Crippen molar-refractivity contribution in [2.45, 2.75) is 25.9 Å². The van der Waals surface area contributed by atoms with Gasteiger partial charge in [0.1, 0.15) is 11.9 Å². The Morgan fingerprint density at radius 2 is 1.95 bits per heavy atom. The van der Waals surface area contributed by atoms with Crippen LogP contribution in [0.1, 0.15) is 52.9 Å². The number of phenolic OH excluding ortho intramolecular Hbond substituents is 1. The second-order valence-electron chi connectivity index (χ2n) is 5.52. The van der Waals surface area contributed by atoms with Crippen molar-refractivity contribution >= 4 is 11.5 Å². The van der Waals surface area contributed by atoms with Gasteiger partial charge in [0.2, 0.25) is 0 Å². The third-order valence-electron chi connectivity index (χ3n) is 4.07. The predicted octanol–water partition coefficient (Wildman–Crippen LogP) is 3.23. The van der Waals surface area contributed by atoms with Crippen LogP contribution in [0.2, 0.25) is 0 Å². The summed E-state index contributed by atoms with van der Waals surface area (Å²) in [4.78, 5) is 12.7. The van der Waals surface area contributed by atoms with Crippen LogP contribution in [0, 0.1) is 0 Å². The monoisotopic (exact) mass is 297 g/mol. The number of hydrogen-bond acceptors (Lipinski definition) is 4. The molecule has 0 saturated heterocycles. The fourth-order valence-corrected chi connectivity index (χ4v) is 2.92. The number of anilines is 1. The Kier molecular flexibility index (Phi) is 3.86. The summed E-state index contributed by atoms with van der Waals surface area (Å²) < 4.78 is 0. The van der Waals surface area contributed by atoms with E-state index in [9.17, 15) is 15.0 Å². The van der Waals surface area contributed by atoms with Crippen molar-refractivity contribution in [3.05, 3.63) is 58.7 Å². The van der Waals surface area contributed by atoms with E-state index in [0.29, 0.717) is 22.4 Å². The number of unbranched alkanes of at least 4 members (excludes halogenated alkanes) is 1. The van der Waals surface area contributed by atoms with E-state index in [-0.39, 0.29) is 17.1 Å². The number of carbonyl (C=O) groups is 1. The molecule has 22 heavy (non-hydrogen) atoms. The number of ketones is 1. The standard InChI is InChI=1S/C18H19NO3/c1-2-3-10-19-13-8-9-14(20)16-15(13)17(21)11-6-4-5-7-12(11)18(16)22/h4-9,17,19-21H,2-3,10H2,1H3. The zero-order chi connectivity index (χ0) is 15.7. The molecule has 0 saturated carbocycles. The molecule has 3 N–H and O–H groups in total. The Hall–Kier alpha value is -2.33. The van der Waals surface area contributed by atoms with Gasteiger partial charge in [-0.2, -0.15) is 0 Å². The molecule has 0 fully saturated rings. The molecule has 2 aromatic rings. The first-order valence-electron chi connectivity index (χ1n) is 7.56. The normalized spacial score (nSPS) is 16.1. The van der Waals surface area contributed by atoms with Crippen LogP contribution in [0.5, 0.6) is 5.75 Å². The van der Waals surface area contributed by atoms with Gasteiger partial charge in [0.15, 0.2) is 5.78 Å². The second-order valence-corrected chi connectivity index (χ2v) is 5.52. The van der Waals surface area contributed by atoms with Gasteiger partial charge in [0.05, 0.1) is 5.56 Å². The number of rotatable bonds is 4. The van der Waals surface area contributed by atoms with Crippen LogP contribution >= 0.6 is 0 Å². The highest BCUT2D eigenvalue weighted by atomic mass is 16.3. The lowest BCUT2D eigenvalue weighted by molar-refractivity contribution is 0.101. The maximum atomic E-state index is 12.7. The molecule has 0 bridgehead atoms. The number of carbonyl (C=O) groups excluding carboxylic acids is 1. The fraction of sp³-hybridized carbons (Fsp3) is 0.278. The minimum Gasteiger partial charge on any atom is -0.507 e. The molecule has 1 atom stereocenters. The van der Waals surface area contributed by atoms with Gasteiger partial charge >= 0.3 is 0 Å². The Morgan fingerprint density at radius 1 is 1.18 bits per heavy atom. The molecule has 2 aromatic carbocycles. The van der Waals surface area contributed by atoms with Gasteiger partial charge in [-0.1, -0.05) is 37.6 Å². The lowest BCUT2D eigenvalue weighted by Crippen LogP contribution is -2.21. The second kappa shape index (κ2) is 5.81. The molecule has 1 unspecified atom stereocenters. The first-order chi connectivity index (χ1) is 10.6. The van der Waals surface area contributed by atoms with Crippen LogP contribution in [-0.2, 0) is 0 Å². The Balaban J connectivity index is 2.12. The van der Waals surface area contributed by atoms with Crippen LogP contribution in [0.15, 0.2) is 36.4 Å².